The third kappa shape index (κ3) is 3.41. The lowest BCUT2D eigenvalue weighted by Gasteiger charge is -2.11. The van der Waals surface area contributed by atoms with Crippen molar-refractivity contribution in [3.63, 3.8) is 0 Å². The molecule has 5 N–H and O–H groups in total. The molecule has 0 aromatic rings. The summed E-state index contributed by atoms with van der Waals surface area (Å²) in [6, 6.07) is -0.478. The summed E-state index contributed by atoms with van der Waals surface area (Å²) in [7, 11) is 0. The van der Waals surface area contributed by atoms with E-state index >= 15 is 0 Å². The third-order valence-corrected chi connectivity index (χ3v) is 2.55. The van der Waals surface area contributed by atoms with Gasteiger partial charge in [0.25, 0.3) is 0 Å². The highest BCUT2D eigenvalue weighted by Gasteiger charge is 2.50. The Balaban J connectivity index is 2.16. The maximum Gasteiger partial charge on any atom is 0.314 e. The van der Waals surface area contributed by atoms with Crippen LogP contribution in [0.1, 0.15) is 19.3 Å². The Kier molecular flexibility index (Phi) is 3.70. The lowest BCUT2D eigenvalue weighted by Crippen LogP contribution is -2.41. The first kappa shape index (κ1) is 12.3. The highest BCUT2D eigenvalue weighted by Crippen LogP contribution is 2.45. The van der Waals surface area contributed by atoms with Crippen LogP contribution in [0, 0.1) is 5.41 Å². The van der Waals surface area contributed by atoms with Gasteiger partial charge < -0.3 is 21.5 Å². The second-order valence-corrected chi connectivity index (χ2v) is 3.91. The van der Waals surface area contributed by atoms with Gasteiger partial charge in [-0.05, 0) is 12.8 Å². The summed E-state index contributed by atoms with van der Waals surface area (Å²) in [6.07, 6.45) is 1.24. The lowest BCUT2D eigenvalue weighted by molar-refractivity contribution is -0.143. The lowest BCUT2D eigenvalue weighted by atomic mass is 10.1. The predicted molar refractivity (Wildman–Crippen MR) is 54.5 cm³/mol. The van der Waals surface area contributed by atoms with Gasteiger partial charge in [-0.25, -0.2) is 4.79 Å². The van der Waals surface area contributed by atoms with Gasteiger partial charge in [-0.1, -0.05) is 0 Å². The Hall–Kier alpha value is -1.79. The summed E-state index contributed by atoms with van der Waals surface area (Å²) in [4.78, 5) is 32.3. The second-order valence-electron chi connectivity index (χ2n) is 3.91. The van der Waals surface area contributed by atoms with E-state index in [2.05, 4.69) is 10.6 Å². The third-order valence-electron chi connectivity index (χ3n) is 2.55. The Labute approximate surface area is 92.4 Å². The van der Waals surface area contributed by atoms with E-state index in [4.69, 9.17) is 10.8 Å². The van der Waals surface area contributed by atoms with E-state index in [9.17, 15) is 14.4 Å². The van der Waals surface area contributed by atoms with Gasteiger partial charge in [0.05, 0.1) is 5.41 Å². The standard InChI is InChI=1S/C9H15N3O4/c10-6(13)1-4-11-8(16)12-5-9(2-3-9)7(14)15/h1-5H2,(H2,10,13)(H,14,15)(H2,11,12,16). The Bertz CT molecular complexity index is 312. The van der Waals surface area contributed by atoms with Crippen molar-refractivity contribution >= 4 is 17.9 Å². The van der Waals surface area contributed by atoms with Crippen LogP contribution in [0.25, 0.3) is 0 Å². The maximum atomic E-state index is 11.2. The van der Waals surface area contributed by atoms with Crippen LogP contribution in [0.15, 0.2) is 0 Å². The number of hydrogen-bond donors (Lipinski definition) is 4. The maximum absolute atomic E-state index is 11.2. The molecule has 0 aromatic heterocycles. The van der Waals surface area contributed by atoms with Crippen LogP contribution in [0.3, 0.4) is 0 Å². The molecule has 7 nitrogen and oxygen atoms in total. The van der Waals surface area contributed by atoms with E-state index < -0.39 is 23.3 Å². The molecule has 1 aliphatic rings. The monoisotopic (exact) mass is 229 g/mol. The van der Waals surface area contributed by atoms with Gasteiger partial charge in [0.1, 0.15) is 0 Å². The zero-order valence-electron chi connectivity index (χ0n) is 8.78. The fourth-order valence-corrected chi connectivity index (χ4v) is 1.23. The summed E-state index contributed by atoms with van der Waals surface area (Å²) >= 11 is 0. The van der Waals surface area contributed by atoms with Crippen molar-refractivity contribution in [2.24, 2.45) is 11.1 Å². The van der Waals surface area contributed by atoms with Crippen molar-refractivity contribution in [3.8, 4) is 0 Å². The van der Waals surface area contributed by atoms with Crippen molar-refractivity contribution < 1.29 is 19.5 Å². The number of amides is 3. The molecule has 0 spiro atoms. The summed E-state index contributed by atoms with van der Waals surface area (Å²) in [5.41, 5.74) is 4.11. The van der Waals surface area contributed by atoms with Crippen LogP contribution >= 0.6 is 0 Å². The number of rotatable bonds is 6. The van der Waals surface area contributed by atoms with Crippen molar-refractivity contribution in [2.75, 3.05) is 13.1 Å². The molecular formula is C9H15N3O4. The average Bonchev–Trinajstić information content (AvgIpc) is 2.95. The predicted octanol–water partition coefficient (Wildman–Crippen LogP) is -0.974. The van der Waals surface area contributed by atoms with Gasteiger partial charge in [0.15, 0.2) is 0 Å². The number of urea groups is 1. The number of hydrogen-bond acceptors (Lipinski definition) is 3. The summed E-state index contributed by atoms with van der Waals surface area (Å²) in [5.74, 6) is -1.38. The molecule has 3 amide bonds. The number of aliphatic carboxylic acids is 1. The molecule has 16 heavy (non-hydrogen) atoms. The van der Waals surface area contributed by atoms with Gasteiger partial charge in [0.2, 0.25) is 5.91 Å². The molecule has 0 saturated heterocycles. The minimum atomic E-state index is -0.884. The fraction of sp³-hybridized carbons (Fsp3) is 0.667. The topological polar surface area (TPSA) is 122 Å². The fourth-order valence-electron chi connectivity index (χ4n) is 1.23. The van der Waals surface area contributed by atoms with E-state index in [1.54, 1.807) is 0 Å². The number of carbonyl (C=O) groups excluding carboxylic acids is 2. The van der Waals surface area contributed by atoms with Gasteiger partial charge >= 0.3 is 12.0 Å². The SMILES string of the molecule is NC(=O)CCNC(=O)NCC1(C(=O)O)CC1. The first-order chi connectivity index (χ1) is 7.46. The molecule has 0 atom stereocenters. The Morgan fingerprint density at radius 1 is 1.25 bits per heavy atom. The summed E-state index contributed by atoms with van der Waals surface area (Å²) in [5, 5.41) is 13.7. The van der Waals surface area contributed by atoms with Gasteiger partial charge in [0, 0.05) is 19.5 Å². The molecule has 0 bridgehead atoms. The highest BCUT2D eigenvalue weighted by atomic mass is 16.4. The van der Waals surface area contributed by atoms with E-state index in [1.807, 2.05) is 0 Å². The molecule has 0 unspecified atom stereocenters. The van der Waals surface area contributed by atoms with Crippen LogP contribution in [0.4, 0.5) is 4.79 Å². The van der Waals surface area contributed by atoms with Crippen LogP contribution in [-0.2, 0) is 9.59 Å². The largest absolute Gasteiger partial charge is 0.481 e. The van der Waals surface area contributed by atoms with Crippen molar-refractivity contribution in [1.29, 1.82) is 0 Å². The minimum absolute atomic E-state index is 0.0670. The Morgan fingerprint density at radius 3 is 2.31 bits per heavy atom. The number of nitrogens with two attached hydrogens (primary N) is 1. The molecule has 1 aliphatic carbocycles. The molecule has 7 heteroatoms. The summed E-state index contributed by atoms with van der Waals surface area (Å²) in [6.45, 7) is 0.270. The Morgan fingerprint density at radius 2 is 1.88 bits per heavy atom. The molecule has 1 fully saturated rings. The normalized spacial score (nSPS) is 16.2. The van der Waals surface area contributed by atoms with Crippen LogP contribution in [0.5, 0.6) is 0 Å². The van der Waals surface area contributed by atoms with Gasteiger partial charge in [-0.2, -0.15) is 0 Å². The van der Waals surface area contributed by atoms with Crippen molar-refractivity contribution in [1.82, 2.24) is 10.6 Å². The smallest absolute Gasteiger partial charge is 0.314 e. The molecule has 0 aromatic carbocycles. The molecule has 0 heterocycles. The number of carboxylic acids is 1. The number of nitrogens with one attached hydrogen (secondary N) is 2. The van der Waals surface area contributed by atoms with Gasteiger partial charge in [-0.3, -0.25) is 9.59 Å². The van der Waals surface area contributed by atoms with E-state index in [-0.39, 0.29) is 19.5 Å². The summed E-state index contributed by atoms with van der Waals surface area (Å²) < 4.78 is 0. The minimum Gasteiger partial charge on any atom is -0.481 e. The van der Waals surface area contributed by atoms with E-state index in [1.165, 1.54) is 0 Å². The number of carboxylic acid groups (broad SMARTS) is 1. The molecule has 0 aliphatic heterocycles. The molecule has 1 saturated carbocycles. The first-order valence-corrected chi connectivity index (χ1v) is 5.00. The zero-order chi connectivity index (χ0) is 12.2. The molecule has 1 rings (SSSR count). The molecule has 90 valence electrons. The second kappa shape index (κ2) is 4.82. The zero-order valence-corrected chi connectivity index (χ0v) is 8.78. The van der Waals surface area contributed by atoms with E-state index in [0.29, 0.717) is 12.8 Å². The van der Waals surface area contributed by atoms with Crippen LogP contribution < -0.4 is 16.4 Å². The first-order valence-electron chi connectivity index (χ1n) is 5.00. The molecule has 0 radical (unpaired) electrons. The quantitative estimate of drug-likeness (QED) is 0.468. The highest BCUT2D eigenvalue weighted by molar-refractivity contribution is 5.80. The van der Waals surface area contributed by atoms with Crippen molar-refractivity contribution in [2.45, 2.75) is 19.3 Å². The average molecular weight is 229 g/mol. The molecular weight excluding hydrogens is 214 g/mol. The van der Waals surface area contributed by atoms with E-state index in [0.717, 1.165) is 0 Å². The number of carbonyl (C=O) groups is 3. The number of primary amides is 1. The van der Waals surface area contributed by atoms with Gasteiger partial charge in [-0.15, -0.1) is 0 Å². The van der Waals surface area contributed by atoms with Crippen LogP contribution in [0.2, 0.25) is 0 Å². The van der Waals surface area contributed by atoms with Crippen molar-refractivity contribution in [3.05, 3.63) is 0 Å². The van der Waals surface area contributed by atoms with Crippen LogP contribution in [-0.4, -0.2) is 36.1 Å².